The van der Waals surface area contributed by atoms with E-state index in [9.17, 15) is 18.0 Å². The Labute approximate surface area is 127 Å². The van der Waals surface area contributed by atoms with Crippen LogP contribution in [0.5, 0.6) is 0 Å². The van der Waals surface area contributed by atoms with E-state index >= 15 is 0 Å². The van der Waals surface area contributed by atoms with Crippen LogP contribution in [0.15, 0.2) is 30.3 Å². The average molecular weight is 335 g/mol. The van der Waals surface area contributed by atoms with E-state index in [1.54, 1.807) is 12.1 Å². The van der Waals surface area contributed by atoms with E-state index in [4.69, 9.17) is 17.3 Å². The molecule has 0 radical (unpaired) electrons. The number of thiophene rings is 1. The van der Waals surface area contributed by atoms with Gasteiger partial charge in [-0.25, -0.2) is 0 Å². The van der Waals surface area contributed by atoms with E-state index in [2.05, 4.69) is 5.32 Å². The summed E-state index contributed by atoms with van der Waals surface area (Å²) < 4.78 is 38.5. The van der Waals surface area contributed by atoms with Gasteiger partial charge < -0.3 is 11.1 Å². The molecule has 0 unspecified atom stereocenters. The first-order valence-corrected chi connectivity index (χ1v) is 6.96. The number of hydrogen-bond donors (Lipinski definition) is 2. The van der Waals surface area contributed by atoms with Gasteiger partial charge in [-0.15, -0.1) is 11.3 Å². The van der Waals surface area contributed by atoms with Gasteiger partial charge in [0.1, 0.15) is 0 Å². The van der Waals surface area contributed by atoms with Gasteiger partial charge in [0.25, 0.3) is 5.91 Å². The van der Waals surface area contributed by atoms with Crippen molar-refractivity contribution >= 4 is 34.5 Å². The van der Waals surface area contributed by atoms with Crippen LogP contribution in [-0.4, -0.2) is 5.91 Å². The SMILES string of the molecule is Nc1ccc(C(F)(F)F)cc1C(=O)NCc1ccc(Cl)s1. The first-order chi connectivity index (χ1) is 9.77. The van der Waals surface area contributed by atoms with Crippen molar-refractivity contribution in [2.75, 3.05) is 5.73 Å². The molecular formula is C13H10ClF3N2OS. The maximum atomic E-state index is 12.6. The third-order valence-electron chi connectivity index (χ3n) is 2.68. The number of rotatable bonds is 3. The number of nitrogens with two attached hydrogens (primary N) is 1. The molecule has 3 N–H and O–H groups in total. The summed E-state index contributed by atoms with van der Waals surface area (Å²) in [6.07, 6.45) is -4.52. The van der Waals surface area contributed by atoms with E-state index in [-0.39, 0.29) is 17.8 Å². The quantitative estimate of drug-likeness (QED) is 0.835. The number of nitrogens with one attached hydrogen (secondary N) is 1. The Hall–Kier alpha value is -1.73. The summed E-state index contributed by atoms with van der Waals surface area (Å²) in [4.78, 5) is 12.7. The second-order valence-electron chi connectivity index (χ2n) is 4.19. The van der Waals surface area contributed by atoms with Crippen LogP contribution in [-0.2, 0) is 12.7 Å². The molecule has 0 saturated heterocycles. The molecule has 1 heterocycles. The Morgan fingerprint density at radius 1 is 1.29 bits per heavy atom. The lowest BCUT2D eigenvalue weighted by molar-refractivity contribution is -0.137. The topological polar surface area (TPSA) is 55.1 Å². The fraction of sp³-hybridized carbons (Fsp3) is 0.154. The molecular weight excluding hydrogens is 325 g/mol. The zero-order chi connectivity index (χ0) is 15.6. The lowest BCUT2D eigenvalue weighted by atomic mass is 10.1. The predicted molar refractivity (Wildman–Crippen MR) is 76.4 cm³/mol. The van der Waals surface area contributed by atoms with Gasteiger partial charge >= 0.3 is 6.18 Å². The molecule has 0 aliphatic carbocycles. The van der Waals surface area contributed by atoms with Crippen molar-refractivity contribution < 1.29 is 18.0 Å². The number of anilines is 1. The van der Waals surface area contributed by atoms with Gasteiger partial charge in [0.05, 0.1) is 22.0 Å². The third-order valence-corrected chi connectivity index (χ3v) is 3.91. The van der Waals surface area contributed by atoms with Crippen LogP contribution in [0.1, 0.15) is 20.8 Å². The minimum Gasteiger partial charge on any atom is -0.398 e. The van der Waals surface area contributed by atoms with E-state index in [1.165, 1.54) is 11.3 Å². The highest BCUT2D eigenvalue weighted by molar-refractivity contribution is 7.16. The van der Waals surface area contributed by atoms with Crippen molar-refractivity contribution in [1.82, 2.24) is 5.32 Å². The summed E-state index contributed by atoms with van der Waals surface area (Å²) in [6.45, 7) is 0.173. The van der Waals surface area contributed by atoms with Crippen molar-refractivity contribution in [2.24, 2.45) is 0 Å². The summed E-state index contributed by atoms with van der Waals surface area (Å²) in [5.74, 6) is -0.664. The fourth-order valence-corrected chi connectivity index (χ4v) is 2.67. The molecule has 2 aromatic rings. The molecule has 1 aromatic heterocycles. The first-order valence-electron chi connectivity index (χ1n) is 5.76. The van der Waals surface area contributed by atoms with E-state index < -0.39 is 17.6 Å². The Bertz CT molecular complexity index is 670. The minimum atomic E-state index is -4.52. The minimum absolute atomic E-state index is 0.00953. The van der Waals surface area contributed by atoms with Gasteiger partial charge in [-0.3, -0.25) is 4.79 Å². The van der Waals surface area contributed by atoms with Crippen LogP contribution in [0.2, 0.25) is 4.34 Å². The number of carbonyl (C=O) groups is 1. The number of amides is 1. The van der Waals surface area contributed by atoms with Crippen LogP contribution in [0.25, 0.3) is 0 Å². The molecule has 0 aliphatic heterocycles. The fourth-order valence-electron chi connectivity index (χ4n) is 1.64. The molecule has 0 spiro atoms. The van der Waals surface area contributed by atoms with Crippen LogP contribution in [0, 0.1) is 0 Å². The molecule has 0 saturated carbocycles. The second-order valence-corrected chi connectivity index (χ2v) is 5.99. The molecule has 112 valence electrons. The van der Waals surface area contributed by atoms with Gasteiger partial charge in [-0.2, -0.15) is 13.2 Å². The van der Waals surface area contributed by atoms with Crippen LogP contribution in [0.3, 0.4) is 0 Å². The highest BCUT2D eigenvalue weighted by atomic mass is 35.5. The number of hydrogen-bond acceptors (Lipinski definition) is 3. The normalized spacial score (nSPS) is 11.4. The summed E-state index contributed by atoms with van der Waals surface area (Å²) >= 11 is 7.03. The molecule has 0 atom stereocenters. The van der Waals surface area contributed by atoms with Crippen molar-refractivity contribution in [3.05, 3.63) is 50.7 Å². The van der Waals surface area contributed by atoms with E-state index in [0.717, 1.165) is 23.1 Å². The Morgan fingerprint density at radius 2 is 2.00 bits per heavy atom. The molecule has 8 heteroatoms. The number of halogens is 4. The zero-order valence-corrected chi connectivity index (χ0v) is 12.1. The second kappa shape index (κ2) is 5.95. The van der Waals surface area contributed by atoms with Gasteiger partial charge in [-0.05, 0) is 30.3 Å². The molecule has 1 aromatic carbocycles. The summed E-state index contributed by atoms with van der Waals surface area (Å²) in [7, 11) is 0. The third kappa shape index (κ3) is 3.89. The van der Waals surface area contributed by atoms with Crippen LogP contribution in [0.4, 0.5) is 18.9 Å². The molecule has 0 aliphatic rings. The van der Waals surface area contributed by atoms with Crippen LogP contribution >= 0.6 is 22.9 Å². The molecule has 3 nitrogen and oxygen atoms in total. The molecule has 21 heavy (non-hydrogen) atoms. The number of nitrogen functional groups attached to an aromatic ring is 1. The monoisotopic (exact) mass is 334 g/mol. The van der Waals surface area contributed by atoms with Crippen molar-refractivity contribution in [3.8, 4) is 0 Å². The Morgan fingerprint density at radius 3 is 2.57 bits per heavy atom. The molecule has 1 amide bonds. The highest BCUT2D eigenvalue weighted by Crippen LogP contribution is 2.31. The standard InChI is InChI=1S/C13H10ClF3N2OS/c14-11-4-2-8(21-11)6-19-12(20)9-5-7(13(15,16)17)1-3-10(9)18/h1-5H,6,18H2,(H,19,20). The summed E-state index contributed by atoms with van der Waals surface area (Å²) in [6, 6.07) is 6.05. The molecule has 0 fully saturated rings. The van der Waals surface area contributed by atoms with E-state index in [1.807, 2.05) is 0 Å². The maximum absolute atomic E-state index is 12.6. The lowest BCUT2D eigenvalue weighted by Crippen LogP contribution is -2.24. The Balaban J connectivity index is 2.15. The number of carbonyl (C=O) groups excluding carboxylic acids is 1. The highest BCUT2D eigenvalue weighted by Gasteiger charge is 2.31. The van der Waals surface area contributed by atoms with Gasteiger partial charge in [0.2, 0.25) is 0 Å². The maximum Gasteiger partial charge on any atom is 0.416 e. The molecule has 2 rings (SSSR count). The number of benzene rings is 1. The van der Waals surface area contributed by atoms with Crippen LogP contribution < -0.4 is 11.1 Å². The zero-order valence-electron chi connectivity index (χ0n) is 10.5. The number of alkyl halides is 3. The first kappa shape index (κ1) is 15.7. The summed E-state index contributed by atoms with van der Waals surface area (Å²) in [5, 5.41) is 2.51. The average Bonchev–Trinajstić information content (AvgIpc) is 2.81. The lowest BCUT2D eigenvalue weighted by Gasteiger charge is -2.11. The van der Waals surface area contributed by atoms with Gasteiger partial charge in [0.15, 0.2) is 0 Å². The van der Waals surface area contributed by atoms with E-state index in [0.29, 0.717) is 4.34 Å². The largest absolute Gasteiger partial charge is 0.416 e. The summed E-state index contributed by atoms with van der Waals surface area (Å²) in [5.41, 5.74) is 4.43. The van der Waals surface area contributed by atoms with Gasteiger partial charge in [-0.1, -0.05) is 11.6 Å². The molecule has 0 bridgehead atoms. The smallest absolute Gasteiger partial charge is 0.398 e. The van der Waals surface area contributed by atoms with Crippen molar-refractivity contribution in [3.63, 3.8) is 0 Å². The Kier molecular flexibility index (Phi) is 4.43. The van der Waals surface area contributed by atoms with Crippen molar-refractivity contribution in [2.45, 2.75) is 12.7 Å². The van der Waals surface area contributed by atoms with Crippen molar-refractivity contribution in [1.29, 1.82) is 0 Å². The predicted octanol–water partition coefficient (Wildman–Crippen LogP) is 3.93. The van der Waals surface area contributed by atoms with Gasteiger partial charge in [0, 0.05) is 10.6 Å².